The number of rotatable bonds is 5. The van der Waals surface area contributed by atoms with E-state index in [4.69, 9.17) is 15.6 Å². The lowest BCUT2D eigenvalue weighted by atomic mass is 9.77. The quantitative estimate of drug-likeness (QED) is 0.561. The summed E-state index contributed by atoms with van der Waals surface area (Å²) in [4.78, 5) is 35.0. The molecule has 35 heavy (non-hydrogen) atoms. The van der Waals surface area contributed by atoms with Gasteiger partial charge in [-0.25, -0.2) is 4.98 Å². The molecule has 0 radical (unpaired) electrons. The van der Waals surface area contributed by atoms with Crippen LogP contribution in [0.2, 0.25) is 0 Å². The van der Waals surface area contributed by atoms with Crippen LogP contribution in [0, 0.1) is 5.92 Å². The van der Waals surface area contributed by atoms with Gasteiger partial charge in [0.2, 0.25) is 5.88 Å². The van der Waals surface area contributed by atoms with Crippen LogP contribution < -0.4 is 15.4 Å². The molecule has 3 aromatic rings. The van der Waals surface area contributed by atoms with Crippen molar-refractivity contribution in [3.8, 4) is 17.3 Å². The standard InChI is InChI=1S/C27H28N4O4/c28-24-23-26(30-25(29-24)20-4-2-1-3-5-20)35-15-14-31(27(23)34)21-12-10-19(11-13-21)18-8-6-17(7-9-18)16-22(32)33/h1-5,10-13,17-18H,6-9,14-16H2,(H,32,33)(H2,28,29,30)/t17-,18-. The zero-order chi connectivity index (χ0) is 24.4. The predicted octanol–water partition coefficient (Wildman–Crippen LogP) is 4.51. The molecule has 2 heterocycles. The van der Waals surface area contributed by atoms with Crippen LogP contribution in [0.25, 0.3) is 11.4 Å². The van der Waals surface area contributed by atoms with Crippen LogP contribution in [0.5, 0.6) is 5.88 Å². The Morgan fingerprint density at radius 2 is 1.74 bits per heavy atom. The summed E-state index contributed by atoms with van der Waals surface area (Å²) in [6.45, 7) is 0.660. The minimum atomic E-state index is -0.715. The third-order valence-electron chi connectivity index (χ3n) is 6.93. The molecule has 8 heteroatoms. The third-order valence-corrected chi connectivity index (χ3v) is 6.93. The Morgan fingerprint density at radius 1 is 1.03 bits per heavy atom. The molecule has 1 aromatic heterocycles. The summed E-state index contributed by atoms with van der Waals surface area (Å²) in [5.41, 5.74) is 9.19. The van der Waals surface area contributed by atoms with Crippen LogP contribution >= 0.6 is 0 Å². The number of hydrogen-bond donors (Lipinski definition) is 2. The molecule has 2 aromatic carbocycles. The number of hydrogen-bond acceptors (Lipinski definition) is 6. The number of nitrogen functional groups attached to an aromatic ring is 1. The number of carbonyl (C=O) groups is 2. The average molecular weight is 473 g/mol. The van der Waals surface area contributed by atoms with Crippen LogP contribution in [-0.2, 0) is 4.79 Å². The first-order chi connectivity index (χ1) is 17.0. The van der Waals surface area contributed by atoms with Crippen molar-refractivity contribution in [1.29, 1.82) is 0 Å². The Bertz CT molecular complexity index is 1220. The van der Waals surface area contributed by atoms with Crippen molar-refractivity contribution >= 4 is 23.4 Å². The van der Waals surface area contributed by atoms with E-state index in [2.05, 4.69) is 22.1 Å². The summed E-state index contributed by atoms with van der Waals surface area (Å²) in [6, 6.07) is 17.5. The van der Waals surface area contributed by atoms with Gasteiger partial charge in [0, 0.05) is 17.7 Å². The van der Waals surface area contributed by atoms with Crippen LogP contribution in [0.15, 0.2) is 54.6 Å². The number of nitrogens with zero attached hydrogens (tertiary/aromatic N) is 3. The van der Waals surface area contributed by atoms with Gasteiger partial charge in [-0.3, -0.25) is 9.59 Å². The second-order valence-electron chi connectivity index (χ2n) is 9.19. The van der Waals surface area contributed by atoms with Gasteiger partial charge in [-0.1, -0.05) is 42.5 Å². The fourth-order valence-corrected chi connectivity index (χ4v) is 5.07. The normalized spacial score (nSPS) is 20.0. The molecule has 0 bridgehead atoms. The SMILES string of the molecule is Nc1nc(-c2ccccc2)nc2c1C(=O)N(c1ccc([C@H]3CC[C@H](CC(=O)O)CC3)cc1)CCO2. The highest BCUT2D eigenvalue weighted by Gasteiger charge is 2.30. The molecule has 8 nitrogen and oxygen atoms in total. The summed E-state index contributed by atoms with van der Waals surface area (Å²) < 4.78 is 5.83. The highest BCUT2D eigenvalue weighted by Crippen LogP contribution is 2.38. The monoisotopic (exact) mass is 472 g/mol. The van der Waals surface area contributed by atoms with E-state index in [1.165, 1.54) is 5.56 Å². The Kier molecular flexibility index (Phi) is 6.35. The van der Waals surface area contributed by atoms with Crippen molar-refractivity contribution in [2.75, 3.05) is 23.8 Å². The van der Waals surface area contributed by atoms with Gasteiger partial charge in [0.25, 0.3) is 5.91 Å². The van der Waals surface area contributed by atoms with Crippen LogP contribution in [0.4, 0.5) is 11.5 Å². The lowest BCUT2D eigenvalue weighted by Gasteiger charge is -2.28. The number of carboxylic acid groups (broad SMARTS) is 1. The number of aliphatic carboxylic acids is 1. The second kappa shape index (κ2) is 9.74. The first-order valence-electron chi connectivity index (χ1n) is 12.0. The second-order valence-corrected chi connectivity index (χ2v) is 9.19. The fourth-order valence-electron chi connectivity index (χ4n) is 5.07. The van der Waals surface area contributed by atoms with E-state index in [9.17, 15) is 9.59 Å². The number of nitrogens with two attached hydrogens (primary N) is 1. The smallest absolute Gasteiger partial charge is 0.303 e. The minimum Gasteiger partial charge on any atom is -0.481 e. The van der Waals surface area contributed by atoms with E-state index in [0.29, 0.717) is 24.9 Å². The van der Waals surface area contributed by atoms with E-state index < -0.39 is 5.97 Å². The number of benzene rings is 2. The maximum Gasteiger partial charge on any atom is 0.303 e. The van der Waals surface area contributed by atoms with Crippen molar-refractivity contribution < 1.29 is 19.4 Å². The minimum absolute atomic E-state index is 0.0977. The topological polar surface area (TPSA) is 119 Å². The molecule has 0 atom stereocenters. The molecule has 0 saturated heterocycles. The van der Waals surface area contributed by atoms with Crippen LogP contribution in [0.1, 0.15) is 53.9 Å². The van der Waals surface area contributed by atoms with Gasteiger partial charge in [0.1, 0.15) is 18.0 Å². The van der Waals surface area contributed by atoms with Crippen molar-refractivity contribution in [2.24, 2.45) is 5.92 Å². The molecular formula is C27H28N4O4. The van der Waals surface area contributed by atoms with E-state index in [-0.39, 0.29) is 35.5 Å². The van der Waals surface area contributed by atoms with Crippen molar-refractivity contribution in [3.05, 3.63) is 65.7 Å². The number of carboxylic acids is 1. The van der Waals surface area contributed by atoms with E-state index in [0.717, 1.165) is 36.9 Å². The number of anilines is 2. The van der Waals surface area contributed by atoms with Crippen molar-refractivity contribution in [2.45, 2.75) is 38.0 Å². The Hall–Kier alpha value is -3.94. The van der Waals surface area contributed by atoms with Gasteiger partial charge in [-0.2, -0.15) is 4.98 Å². The van der Waals surface area contributed by atoms with Crippen molar-refractivity contribution in [3.63, 3.8) is 0 Å². The maximum absolute atomic E-state index is 13.5. The Balaban J connectivity index is 1.34. The number of amides is 1. The largest absolute Gasteiger partial charge is 0.481 e. The molecule has 180 valence electrons. The van der Waals surface area contributed by atoms with Crippen molar-refractivity contribution in [1.82, 2.24) is 9.97 Å². The first kappa shape index (κ1) is 22.8. The maximum atomic E-state index is 13.5. The molecule has 2 aliphatic rings. The van der Waals surface area contributed by atoms with Gasteiger partial charge in [0.05, 0.1) is 6.54 Å². The molecule has 0 spiro atoms. The fraction of sp³-hybridized carbons (Fsp3) is 0.333. The number of carbonyl (C=O) groups excluding carboxylic acids is 1. The number of aromatic nitrogens is 2. The molecule has 0 unspecified atom stereocenters. The van der Waals surface area contributed by atoms with Gasteiger partial charge in [-0.05, 0) is 55.2 Å². The molecule has 1 fully saturated rings. The molecular weight excluding hydrogens is 444 g/mol. The molecule has 1 saturated carbocycles. The van der Waals surface area contributed by atoms with E-state index >= 15 is 0 Å². The molecule has 1 aliphatic carbocycles. The Morgan fingerprint density at radius 3 is 2.43 bits per heavy atom. The van der Waals surface area contributed by atoms with Gasteiger partial charge in [-0.15, -0.1) is 0 Å². The van der Waals surface area contributed by atoms with Crippen LogP contribution in [0.3, 0.4) is 0 Å². The number of ether oxygens (including phenoxy) is 1. The number of fused-ring (bicyclic) bond motifs is 1. The van der Waals surface area contributed by atoms with E-state index in [1.54, 1.807) is 4.90 Å². The highest BCUT2D eigenvalue weighted by molar-refractivity contribution is 6.10. The summed E-state index contributed by atoms with van der Waals surface area (Å²) in [5, 5.41) is 9.03. The summed E-state index contributed by atoms with van der Waals surface area (Å²) in [6.07, 6.45) is 4.09. The first-order valence-corrected chi connectivity index (χ1v) is 12.0. The average Bonchev–Trinajstić information content (AvgIpc) is 3.03. The third kappa shape index (κ3) is 4.82. The van der Waals surface area contributed by atoms with Gasteiger partial charge >= 0.3 is 5.97 Å². The lowest BCUT2D eigenvalue weighted by Crippen LogP contribution is -2.32. The molecule has 5 rings (SSSR count). The Labute approximate surface area is 203 Å². The predicted molar refractivity (Wildman–Crippen MR) is 132 cm³/mol. The zero-order valence-electron chi connectivity index (χ0n) is 19.4. The molecule has 1 amide bonds. The summed E-state index contributed by atoms with van der Waals surface area (Å²) in [7, 11) is 0. The molecule has 1 aliphatic heterocycles. The molecule has 3 N–H and O–H groups in total. The summed E-state index contributed by atoms with van der Waals surface area (Å²) >= 11 is 0. The summed E-state index contributed by atoms with van der Waals surface area (Å²) in [5.74, 6) is 0.417. The zero-order valence-corrected chi connectivity index (χ0v) is 19.4. The van der Waals surface area contributed by atoms with Gasteiger partial charge in [0.15, 0.2) is 5.82 Å². The van der Waals surface area contributed by atoms with Crippen LogP contribution in [-0.4, -0.2) is 40.1 Å². The van der Waals surface area contributed by atoms with E-state index in [1.807, 2.05) is 42.5 Å². The van der Waals surface area contributed by atoms with Gasteiger partial charge < -0.3 is 20.5 Å². The lowest BCUT2D eigenvalue weighted by molar-refractivity contribution is -0.138. The highest BCUT2D eigenvalue weighted by atomic mass is 16.5.